The molecule has 14 heavy (non-hydrogen) atoms. The van der Waals surface area contributed by atoms with Crippen LogP contribution in [0.15, 0.2) is 4.99 Å². The first-order valence-electron chi connectivity index (χ1n) is 5.37. The van der Waals surface area contributed by atoms with Crippen molar-refractivity contribution < 1.29 is 0 Å². The first-order chi connectivity index (χ1) is 6.69. The number of hydrazine groups is 1. The van der Waals surface area contributed by atoms with Gasteiger partial charge in [-0.15, -0.1) is 0 Å². The van der Waals surface area contributed by atoms with Crippen LogP contribution in [0.2, 0.25) is 0 Å². The maximum absolute atomic E-state index is 5.39. The van der Waals surface area contributed by atoms with Gasteiger partial charge in [0.2, 0.25) is 5.96 Å². The molecule has 1 rings (SSSR count). The summed E-state index contributed by atoms with van der Waals surface area (Å²) < 4.78 is 0. The largest absolute Gasteiger partial charge is 0.342 e. The van der Waals surface area contributed by atoms with Gasteiger partial charge in [-0.25, -0.2) is 5.84 Å². The van der Waals surface area contributed by atoms with Gasteiger partial charge in [0.15, 0.2) is 0 Å². The van der Waals surface area contributed by atoms with Crippen LogP contribution in [0.4, 0.5) is 0 Å². The number of guanidine groups is 1. The highest BCUT2D eigenvalue weighted by Gasteiger charge is 2.22. The van der Waals surface area contributed by atoms with Gasteiger partial charge in [0.05, 0.1) is 0 Å². The summed E-state index contributed by atoms with van der Waals surface area (Å²) in [5, 5.41) is 0. The Bertz CT molecular complexity index is 192. The molecule has 4 nitrogen and oxygen atoms in total. The Balaban J connectivity index is 2.42. The van der Waals surface area contributed by atoms with E-state index in [0.717, 1.165) is 30.9 Å². The molecule has 0 aromatic carbocycles. The van der Waals surface area contributed by atoms with E-state index in [-0.39, 0.29) is 0 Å². The van der Waals surface area contributed by atoms with Crippen LogP contribution in [-0.2, 0) is 0 Å². The van der Waals surface area contributed by atoms with Crippen molar-refractivity contribution in [2.75, 3.05) is 20.1 Å². The van der Waals surface area contributed by atoms with Gasteiger partial charge in [0.25, 0.3) is 0 Å². The number of nitrogens with one attached hydrogen (secondary N) is 1. The lowest BCUT2D eigenvalue weighted by molar-refractivity contribution is 0.216. The van der Waals surface area contributed by atoms with E-state index in [1.165, 1.54) is 12.8 Å². The number of rotatable bonds is 1. The van der Waals surface area contributed by atoms with E-state index in [1.807, 2.05) is 0 Å². The van der Waals surface area contributed by atoms with Crippen LogP contribution in [0.25, 0.3) is 0 Å². The zero-order chi connectivity index (χ0) is 10.6. The molecule has 0 saturated carbocycles. The van der Waals surface area contributed by atoms with Crippen LogP contribution in [0.5, 0.6) is 0 Å². The first kappa shape index (κ1) is 11.3. The fourth-order valence-electron chi connectivity index (χ4n) is 2.08. The summed E-state index contributed by atoms with van der Waals surface area (Å²) in [6.07, 6.45) is 2.50. The Labute approximate surface area is 86.5 Å². The minimum atomic E-state index is 0.796. The Kier molecular flexibility index (Phi) is 4.20. The monoisotopic (exact) mass is 198 g/mol. The maximum atomic E-state index is 5.39. The second-order valence-corrected chi connectivity index (χ2v) is 4.26. The lowest BCUT2D eigenvalue weighted by atomic mass is 9.87. The maximum Gasteiger partial charge on any atom is 0.208 e. The quantitative estimate of drug-likeness (QED) is 0.284. The summed E-state index contributed by atoms with van der Waals surface area (Å²) in [4.78, 5) is 6.33. The number of hydrogen-bond donors (Lipinski definition) is 2. The van der Waals surface area contributed by atoms with Gasteiger partial charge in [0, 0.05) is 20.1 Å². The molecule has 3 N–H and O–H groups in total. The van der Waals surface area contributed by atoms with Crippen molar-refractivity contribution in [1.82, 2.24) is 10.3 Å². The van der Waals surface area contributed by atoms with Crippen LogP contribution in [0.1, 0.15) is 26.7 Å². The number of likely N-dealkylation sites (tertiary alicyclic amines) is 1. The fourth-order valence-corrected chi connectivity index (χ4v) is 2.08. The SMILES string of the molecule is CN=C(NN)N1CCC(C(C)C)CC1. The van der Waals surface area contributed by atoms with Crippen molar-refractivity contribution in [3.05, 3.63) is 0 Å². The molecule has 1 aliphatic heterocycles. The van der Waals surface area contributed by atoms with Crippen LogP contribution in [0, 0.1) is 11.8 Å². The minimum absolute atomic E-state index is 0.796. The molecule has 0 atom stereocenters. The van der Waals surface area contributed by atoms with E-state index >= 15 is 0 Å². The molecule has 1 fully saturated rings. The van der Waals surface area contributed by atoms with Gasteiger partial charge >= 0.3 is 0 Å². The van der Waals surface area contributed by atoms with Gasteiger partial charge in [0.1, 0.15) is 0 Å². The average molecular weight is 198 g/mol. The molecule has 1 aliphatic rings. The average Bonchev–Trinajstić information content (AvgIpc) is 2.20. The zero-order valence-electron chi connectivity index (χ0n) is 9.45. The molecule has 4 heteroatoms. The predicted molar refractivity (Wildman–Crippen MR) is 59.8 cm³/mol. The summed E-state index contributed by atoms with van der Waals surface area (Å²) in [6, 6.07) is 0. The van der Waals surface area contributed by atoms with Gasteiger partial charge in [-0.3, -0.25) is 10.4 Å². The summed E-state index contributed by atoms with van der Waals surface area (Å²) in [5.41, 5.74) is 2.64. The van der Waals surface area contributed by atoms with Crippen molar-refractivity contribution in [1.29, 1.82) is 0 Å². The Morgan fingerprint density at radius 2 is 2.00 bits per heavy atom. The molecule has 0 aliphatic carbocycles. The highest BCUT2D eigenvalue weighted by molar-refractivity contribution is 5.79. The van der Waals surface area contributed by atoms with Crippen LogP contribution in [-0.4, -0.2) is 31.0 Å². The van der Waals surface area contributed by atoms with E-state index in [1.54, 1.807) is 7.05 Å². The van der Waals surface area contributed by atoms with E-state index < -0.39 is 0 Å². The fraction of sp³-hybridized carbons (Fsp3) is 0.900. The van der Waals surface area contributed by atoms with Gasteiger partial charge < -0.3 is 4.90 Å². The normalized spacial score (nSPS) is 20.4. The lowest BCUT2D eigenvalue weighted by Crippen LogP contribution is -2.48. The number of hydrogen-bond acceptors (Lipinski definition) is 2. The Morgan fingerprint density at radius 1 is 1.43 bits per heavy atom. The molecule has 0 aromatic heterocycles. The van der Waals surface area contributed by atoms with Crippen LogP contribution < -0.4 is 11.3 Å². The second kappa shape index (κ2) is 5.20. The molecule has 0 aromatic rings. The molecule has 0 unspecified atom stereocenters. The highest BCUT2D eigenvalue weighted by atomic mass is 15.4. The topological polar surface area (TPSA) is 53.6 Å². The summed E-state index contributed by atoms with van der Waals surface area (Å²) in [6.45, 7) is 6.74. The molecule has 0 amide bonds. The van der Waals surface area contributed by atoms with Crippen LogP contribution in [0.3, 0.4) is 0 Å². The standard InChI is InChI=1S/C10H22N4/c1-8(2)9-4-6-14(7-5-9)10(12-3)13-11/h8-9H,4-7,11H2,1-3H3,(H,12,13). The Morgan fingerprint density at radius 3 is 2.36 bits per heavy atom. The lowest BCUT2D eigenvalue weighted by Gasteiger charge is -2.35. The summed E-state index contributed by atoms with van der Waals surface area (Å²) in [5.74, 6) is 7.86. The third kappa shape index (κ3) is 2.61. The zero-order valence-corrected chi connectivity index (χ0v) is 9.45. The molecule has 82 valence electrons. The van der Waals surface area contributed by atoms with Crippen molar-refractivity contribution in [2.24, 2.45) is 22.7 Å². The molecule has 0 spiro atoms. The smallest absolute Gasteiger partial charge is 0.208 e. The van der Waals surface area contributed by atoms with Crippen molar-refractivity contribution in [2.45, 2.75) is 26.7 Å². The van der Waals surface area contributed by atoms with E-state index in [4.69, 9.17) is 5.84 Å². The highest BCUT2D eigenvalue weighted by Crippen LogP contribution is 2.24. The van der Waals surface area contributed by atoms with Crippen LogP contribution >= 0.6 is 0 Å². The summed E-state index contributed by atoms with van der Waals surface area (Å²) >= 11 is 0. The third-order valence-electron chi connectivity index (χ3n) is 3.12. The van der Waals surface area contributed by atoms with E-state index in [2.05, 4.69) is 29.2 Å². The second-order valence-electron chi connectivity index (χ2n) is 4.26. The molecule has 0 bridgehead atoms. The number of aliphatic imine (C=N–C) groups is 1. The third-order valence-corrected chi connectivity index (χ3v) is 3.12. The van der Waals surface area contributed by atoms with Crippen molar-refractivity contribution in [3.8, 4) is 0 Å². The van der Waals surface area contributed by atoms with E-state index in [9.17, 15) is 0 Å². The number of nitrogens with two attached hydrogens (primary N) is 1. The number of nitrogens with zero attached hydrogens (tertiary/aromatic N) is 2. The van der Waals surface area contributed by atoms with Gasteiger partial charge in [-0.1, -0.05) is 13.8 Å². The molecular weight excluding hydrogens is 176 g/mol. The summed E-state index contributed by atoms with van der Waals surface area (Å²) in [7, 11) is 1.77. The van der Waals surface area contributed by atoms with Gasteiger partial charge in [-0.2, -0.15) is 0 Å². The first-order valence-corrected chi connectivity index (χ1v) is 5.37. The minimum Gasteiger partial charge on any atom is -0.342 e. The molecule has 1 saturated heterocycles. The number of piperidine rings is 1. The Hall–Kier alpha value is -0.770. The molecule has 1 heterocycles. The van der Waals surface area contributed by atoms with Crippen molar-refractivity contribution in [3.63, 3.8) is 0 Å². The molecule has 0 radical (unpaired) electrons. The van der Waals surface area contributed by atoms with Crippen molar-refractivity contribution >= 4 is 5.96 Å². The molecular formula is C10H22N4. The van der Waals surface area contributed by atoms with E-state index in [0.29, 0.717) is 0 Å². The predicted octanol–water partition coefficient (Wildman–Crippen LogP) is 0.804. The van der Waals surface area contributed by atoms with Gasteiger partial charge in [-0.05, 0) is 24.7 Å².